The molecule has 2 unspecified atom stereocenters. The Labute approximate surface area is 108 Å². The highest BCUT2D eigenvalue weighted by Crippen LogP contribution is 2.23. The number of amides is 1. The topological polar surface area (TPSA) is 20.3 Å². The highest BCUT2D eigenvalue weighted by molar-refractivity contribution is 5.79. The summed E-state index contributed by atoms with van der Waals surface area (Å²) in [5, 5.41) is 0. The molecule has 0 saturated carbocycles. The number of nitrogens with zero attached hydrogens (tertiary/aromatic N) is 1. The van der Waals surface area contributed by atoms with E-state index in [4.69, 9.17) is 0 Å². The second kappa shape index (κ2) is 5.51. The quantitative estimate of drug-likeness (QED) is 0.788. The van der Waals surface area contributed by atoms with Crippen molar-refractivity contribution in [1.82, 2.24) is 4.90 Å². The number of hydrogen-bond acceptors (Lipinski definition) is 1. The van der Waals surface area contributed by atoms with Crippen molar-refractivity contribution in [2.45, 2.75) is 51.6 Å². The molecule has 1 saturated heterocycles. The molecule has 2 nitrogen and oxygen atoms in total. The summed E-state index contributed by atoms with van der Waals surface area (Å²) in [7, 11) is 0. The van der Waals surface area contributed by atoms with Gasteiger partial charge in [0.05, 0.1) is 6.42 Å². The van der Waals surface area contributed by atoms with Gasteiger partial charge in [-0.3, -0.25) is 4.79 Å². The van der Waals surface area contributed by atoms with E-state index in [2.05, 4.69) is 13.8 Å². The van der Waals surface area contributed by atoms with Gasteiger partial charge in [0.1, 0.15) is 5.82 Å². The second-order valence-corrected chi connectivity index (χ2v) is 5.24. The average molecular weight is 249 g/mol. The summed E-state index contributed by atoms with van der Waals surface area (Å²) in [5.74, 6) is -0.166. The summed E-state index contributed by atoms with van der Waals surface area (Å²) in [5.41, 5.74) is 0.755. The van der Waals surface area contributed by atoms with Crippen LogP contribution in [0.2, 0.25) is 0 Å². The molecule has 18 heavy (non-hydrogen) atoms. The van der Waals surface area contributed by atoms with Crippen LogP contribution in [0.15, 0.2) is 24.3 Å². The zero-order valence-electron chi connectivity index (χ0n) is 11.0. The molecule has 0 bridgehead atoms. The van der Waals surface area contributed by atoms with E-state index in [0.29, 0.717) is 18.5 Å². The van der Waals surface area contributed by atoms with Gasteiger partial charge in [0, 0.05) is 12.1 Å². The minimum atomic E-state index is -0.278. The second-order valence-electron chi connectivity index (χ2n) is 5.24. The highest BCUT2D eigenvalue weighted by atomic mass is 19.1. The van der Waals surface area contributed by atoms with Crippen LogP contribution in [-0.2, 0) is 11.2 Å². The van der Waals surface area contributed by atoms with Crippen LogP contribution in [0.5, 0.6) is 0 Å². The van der Waals surface area contributed by atoms with E-state index in [-0.39, 0.29) is 11.7 Å². The molecule has 98 valence electrons. The first-order valence-electron chi connectivity index (χ1n) is 6.63. The molecule has 2 rings (SSSR count). The average Bonchev–Trinajstić information content (AvgIpc) is 2.28. The third kappa shape index (κ3) is 2.89. The Morgan fingerprint density at radius 1 is 1.33 bits per heavy atom. The lowest BCUT2D eigenvalue weighted by atomic mass is 9.96. The first-order chi connectivity index (χ1) is 8.58. The highest BCUT2D eigenvalue weighted by Gasteiger charge is 2.28. The Bertz CT molecular complexity index is 422. The van der Waals surface area contributed by atoms with Gasteiger partial charge in [-0.15, -0.1) is 0 Å². The minimum absolute atomic E-state index is 0.111. The van der Waals surface area contributed by atoms with Crippen LogP contribution >= 0.6 is 0 Å². The van der Waals surface area contributed by atoms with Gasteiger partial charge in [-0.1, -0.05) is 12.1 Å². The SMILES string of the molecule is CC1CCCC(C)N1C(=O)Cc1cccc(F)c1. The Kier molecular flexibility index (Phi) is 4.00. The van der Waals surface area contributed by atoms with E-state index in [9.17, 15) is 9.18 Å². The zero-order chi connectivity index (χ0) is 13.1. The van der Waals surface area contributed by atoms with Crippen LogP contribution in [0, 0.1) is 5.82 Å². The zero-order valence-corrected chi connectivity index (χ0v) is 11.0. The number of benzene rings is 1. The van der Waals surface area contributed by atoms with Gasteiger partial charge in [0.25, 0.3) is 0 Å². The molecular weight excluding hydrogens is 229 g/mol. The van der Waals surface area contributed by atoms with Crippen molar-refractivity contribution in [3.63, 3.8) is 0 Å². The van der Waals surface area contributed by atoms with Gasteiger partial charge in [-0.25, -0.2) is 4.39 Å². The number of halogens is 1. The van der Waals surface area contributed by atoms with Gasteiger partial charge >= 0.3 is 0 Å². The Balaban J connectivity index is 2.07. The third-order valence-electron chi connectivity index (χ3n) is 3.73. The molecule has 1 amide bonds. The van der Waals surface area contributed by atoms with Gasteiger partial charge in [-0.2, -0.15) is 0 Å². The summed E-state index contributed by atoms with van der Waals surface area (Å²) in [4.78, 5) is 14.3. The fourth-order valence-corrected chi connectivity index (χ4v) is 2.83. The molecule has 1 aliphatic heterocycles. The maximum Gasteiger partial charge on any atom is 0.227 e. The van der Waals surface area contributed by atoms with Crippen LogP contribution in [0.1, 0.15) is 38.7 Å². The molecule has 1 heterocycles. The van der Waals surface area contributed by atoms with Crippen molar-refractivity contribution < 1.29 is 9.18 Å². The lowest BCUT2D eigenvalue weighted by molar-refractivity contribution is -0.136. The smallest absolute Gasteiger partial charge is 0.227 e. The van der Waals surface area contributed by atoms with E-state index >= 15 is 0 Å². The maximum absolute atomic E-state index is 13.1. The van der Waals surface area contributed by atoms with Crippen LogP contribution in [0.3, 0.4) is 0 Å². The first-order valence-corrected chi connectivity index (χ1v) is 6.63. The summed E-state index contributed by atoms with van der Waals surface area (Å²) in [6.45, 7) is 4.19. The van der Waals surface area contributed by atoms with Gasteiger partial charge in [0.15, 0.2) is 0 Å². The number of rotatable bonds is 2. The Hall–Kier alpha value is -1.38. The molecule has 3 heteroatoms. The predicted molar refractivity (Wildman–Crippen MR) is 69.7 cm³/mol. The van der Waals surface area contributed by atoms with Crippen molar-refractivity contribution in [3.8, 4) is 0 Å². The fraction of sp³-hybridized carbons (Fsp3) is 0.533. The number of piperidine rings is 1. The molecular formula is C15H20FNO. The van der Waals surface area contributed by atoms with Gasteiger partial charge in [-0.05, 0) is 50.8 Å². The molecule has 1 aromatic carbocycles. The molecule has 0 N–H and O–H groups in total. The van der Waals surface area contributed by atoms with Crippen molar-refractivity contribution in [1.29, 1.82) is 0 Å². The molecule has 1 aromatic rings. The lowest BCUT2D eigenvalue weighted by Gasteiger charge is -2.39. The molecule has 1 fully saturated rings. The number of carbonyl (C=O) groups excluding carboxylic acids is 1. The summed E-state index contributed by atoms with van der Waals surface area (Å²) in [6.07, 6.45) is 3.62. The normalized spacial score (nSPS) is 24.1. The summed E-state index contributed by atoms with van der Waals surface area (Å²) < 4.78 is 13.1. The number of hydrogen-bond donors (Lipinski definition) is 0. The molecule has 2 atom stereocenters. The van der Waals surface area contributed by atoms with E-state index < -0.39 is 0 Å². The molecule has 1 aliphatic rings. The Morgan fingerprint density at radius 2 is 2.00 bits per heavy atom. The monoisotopic (exact) mass is 249 g/mol. The summed E-state index contributed by atoms with van der Waals surface area (Å²) in [6, 6.07) is 6.91. The van der Waals surface area contributed by atoms with Crippen molar-refractivity contribution in [2.75, 3.05) is 0 Å². The number of likely N-dealkylation sites (tertiary alicyclic amines) is 1. The first kappa shape index (κ1) is 13.1. The van der Waals surface area contributed by atoms with Crippen LogP contribution in [-0.4, -0.2) is 22.9 Å². The van der Waals surface area contributed by atoms with Crippen LogP contribution in [0.25, 0.3) is 0 Å². The van der Waals surface area contributed by atoms with Crippen molar-refractivity contribution in [3.05, 3.63) is 35.6 Å². The molecule has 0 aromatic heterocycles. The van der Waals surface area contributed by atoms with E-state index in [1.54, 1.807) is 12.1 Å². The van der Waals surface area contributed by atoms with E-state index in [1.807, 2.05) is 4.90 Å². The molecule has 0 aliphatic carbocycles. The van der Waals surface area contributed by atoms with Crippen LogP contribution in [0.4, 0.5) is 4.39 Å². The van der Waals surface area contributed by atoms with Gasteiger partial charge < -0.3 is 4.90 Å². The molecule has 0 spiro atoms. The maximum atomic E-state index is 13.1. The van der Waals surface area contributed by atoms with Crippen molar-refractivity contribution in [2.24, 2.45) is 0 Å². The standard InChI is InChI=1S/C15H20FNO/c1-11-5-3-6-12(2)17(11)15(18)10-13-7-4-8-14(16)9-13/h4,7-9,11-12H,3,5-6,10H2,1-2H3. The molecule has 0 radical (unpaired) electrons. The summed E-state index contributed by atoms with van der Waals surface area (Å²) >= 11 is 0. The van der Waals surface area contributed by atoms with Crippen molar-refractivity contribution >= 4 is 5.91 Å². The van der Waals surface area contributed by atoms with Crippen LogP contribution < -0.4 is 0 Å². The lowest BCUT2D eigenvalue weighted by Crippen LogP contribution is -2.48. The largest absolute Gasteiger partial charge is 0.337 e. The predicted octanol–water partition coefficient (Wildman–Crippen LogP) is 3.16. The van der Waals surface area contributed by atoms with Gasteiger partial charge in [0.2, 0.25) is 5.91 Å². The minimum Gasteiger partial charge on any atom is -0.337 e. The number of carbonyl (C=O) groups is 1. The Morgan fingerprint density at radius 3 is 2.61 bits per heavy atom. The third-order valence-corrected chi connectivity index (χ3v) is 3.73. The van der Waals surface area contributed by atoms with E-state index in [0.717, 1.165) is 18.4 Å². The fourth-order valence-electron chi connectivity index (χ4n) is 2.83. The van der Waals surface area contributed by atoms with E-state index in [1.165, 1.54) is 18.6 Å².